The molecule has 0 saturated heterocycles. The standard InChI is InChI=1S/C8H12F3N3OS/c1-4(2)6-13-7(16-14-6)12-3-5(15)8(9,10)11/h4-5,15H,3H2,1-2H3,(H,12,13,14). The van der Waals surface area contributed by atoms with E-state index in [2.05, 4.69) is 14.7 Å². The molecule has 0 aromatic carbocycles. The van der Waals surface area contributed by atoms with Gasteiger partial charge in [0.1, 0.15) is 5.82 Å². The molecule has 4 nitrogen and oxygen atoms in total. The summed E-state index contributed by atoms with van der Waals surface area (Å²) in [5.74, 6) is 0.702. The maximum atomic E-state index is 12.0. The van der Waals surface area contributed by atoms with E-state index in [9.17, 15) is 13.2 Å². The van der Waals surface area contributed by atoms with E-state index >= 15 is 0 Å². The Balaban J connectivity index is 2.49. The summed E-state index contributed by atoms with van der Waals surface area (Å²) in [6.07, 6.45) is -7.00. The van der Waals surface area contributed by atoms with Gasteiger partial charge in [-0.05, 0) is 0 Å². The summed E-state index contributed by atoms with van der Waals surface area (Å²) in [5.41, 5.74) is 0. The Morgan fingerprint density at radius 3 is 2.50 bits per heavy atom. The molecular formula is C8H12F3N3OS. The van der Waals surface area contributed by atoms with Gasteiger partial charge < -0.3 is 10.4 Å². The largest absolute Gasteiger partial charge is 0.416 e. The molecule has 8 heteroatoms. The second-order valence-corrected chi connectivity index (χ2v) is 4.30. The van der Waals surface area contributed by atoms with Gasteiger partial charge in [-0.25, -0.2) is 4.98 Å². The molecule has 1 rings (SSSR count). The Morgan fingerprint density at radius 2 is 2.06 bits per heavy atom. The molecule has 0 bridgehead atoms. The lowest BCUT2D eigenvalue weighted by molar-refractivity contribution is -0.198. The van der Waals surface area contributed by atoms with Crippen molar-refractivity contribution in [3.05, 3.63) is 5.82 Å². The van der Waals surface area contributed by atoms with Gasteiger partial charge in [-0.3, -0.25) is 0 Å². The maximum absolute atomic E-state index is 12.0. The number of halogens is 3. The van der Waals surface area contributed by atoms with Crippen LogP contribution in [0.4, 0.5) is 18.3 Å². The normalized spacial score (nSPS) is 14.2. The number of aliphatic hydroxyl groups is 1. The number of alkyl halides is 3. The van der Waals surface area contributed by atoms with Crippen LogP contribution in [0, 0.1) is 0 Å². The highest BCUT2D eigenvalue weighted by Crippen LogP contribution is 2.21. The molecular weight excluding hydrogens is 243 g/mol. The number of hydrogen-bond donors (Lipinski definition) is 2. The number of nitrogens with one attached hydrogen (secondary N) is 1. The van der Waals surface area contributed by atoms with Crippen molar-refractivity contribution in [3.63, 3.8) is 0 Å². The molecule has 0 radical (unpaired) electrons. The van der Waals surface area contributed by atoms with Crippen molar-refractivity contribution in [2.75, 3.05) is 11.9 Å². The average molecular weight is 255 g/mol. The van der Waals surface area contributed by atoms with Crippen LogP contribution in [0.25, 0.3) is 0 Å². The zero-order valence-electron chi connectivity index (χ0n) is 8.75. The Labute approximate surface area is 94.7 Å². The van der Waals surface area contributed by atoms with Gasteiger partial charge in [-0.2, -0.15) is 17.5 Å². The smallest absolute Gasteiger partial charge is 0.382 e. The van der Waals surface area contributed by atoms with Crippen LogP contribution >= 0.6 is 11.5 Å². The minimum absolute atomic E-state index is 0.124. The quantitative estimate of drug-likeness (QED) is 0.864. The monoisotopic (exact) mass is 255 g/mol. The van der Waals surface area contributed by atoms with E-state index in [4.69, 9.17) is 5.11 Å². The first-order valence-corrected chi connectivity index (χ1v) is 5.40. The molecule has 0 aliphatic heterocycles. The van der Waals surface area contributed by atoms with Crippen LogP contribution < -0.4 is 5.32 Å². The zero-order valence-corrected chi connectivity index (χ0v) is 9.56. The van der Waals surface area contributed by atoms with E-state index in [1.807, 2.05) is 13.8 Å². The average Bonchev–Trinajstić information content (AvgIpc) is 2.60. The van der Waals surface area contributed by atoms with E-state index in [1.165, 1.54) is 0 Å². The SMILES string of the molecule is CC(C)c1nsc(NCC(O)C(F)(F)F)n1. The molecule has 16 heavy (non-hydrogen) atoms. The second-order valence-electron chi connectivity index (χ2n) is 3.55. The van der Waals surface area contributed by atoms with Gasteiger partial charge in [0, 0.05) is 17.5 Å². The molecule has 1 atom stereocenters. The van der Waals surface area contributed by atoms with Crippen molar-refractivity contribution in [1.29, 1.82) is 0 Å². The summed E-state index contributed by atoms with van der Waals surface area (Å²) in [6, 6.07) is 0. The number of aliphatic hydroxyl groups excluding tert-OH is 1. The number of anilines is 1. The van der Waals surface area contributed by atoms with Crippen molar-refractivity contribution in [2.45, 2.75) is 32.0 Å². The first-order chi connectivity index (χ1) is 7.30. The molecule has 0 aliphatic rings. The van der Waals surface area contributed by atoms with E-state index in [-0.39, 0.29) is 11.0 Å². The molecule has 0 aliphatic carbocycles. The van der Waals surface area contributed by atoms with Crippen LogP contribution in [0.1, 0.15) is 25.6 Å². The van der Waals surface area contributed by atoms with Gasteiger partial charge in [0.2, 0.25) is 5.13 Å². The fourth-order valence-electron chi connectivity index (χ4n) is 0.841. The van der Waals surface area contributed by atoms with Gasteiger partial charge in [0.25, 0.3) is 0 Å². The predicted molar refractivity (Wildman–Crippen MR) is 54.5 cm³/mol. The highest BCUT2D eigenvalue weighted by atomic mass is 32.1. The molecule has 2 N–H and O–H groups in total. The van der Waals surface area contributed by atoms with Crippen molar-refractivity contribution in [3.8, 4) is 0 Å². The Kier molecular flexibility index (Phi) is 4.09. The molecule has 0 amide bonds. The van der Waals surface area contributed by atoms with E-state index in [1.54, 1.807) is 0 Å². The zero-order chi connectivity index (χ0) is 12.3. The van der Waals surface area contributed by atoms with Crippen LogP contribution in [-0.4, -0.2) is 33.3 Å². The lowest BCUT2D eigenvalue weighted by Crippen LogP contribution is -2.34. The van der Waals surface area contributed by atoms with Gasteiger partial charge in [0.15, 0.2) is 6.10 Å². The molecule has 0 saturated carbocycles. The summed E-state index contributed by atoms with van der Waals surface area (Å²) >= 11 is 0.980. The molecule has 0 fully saturated rings. The van der Waals surface area contributed by atoms with E-state index in [0.29, 0.717) is 5.82 Å². The lowest BCUT2D eigenvalue weighted by atomic mass is 10.2. The van der Waals surface area contributed by atoms with E-state index in [0.717, 1.165) is 11.5 Å². The third-order valence-corrected chi connectivity index (χ3v) is 2.47. The number of hydrogen-bond acceptors (Lipinski definition) is 5. The third kappa shape index (κ3) is 3.60. The van der Waals surface area contributed by atoms with Crippen LogP contribution in [-0.2, 0) is 0 Å². The van der Waals surface area contributed by atoms with Gasteiger partial charge in [0.05, 0.1) is 6.54 Å². The van der Waals surface area contributed by atoms with Crippen LogP contribution in [0.3, 0.4) is 0 Å². The Hall–Kier alpha value is -0.890. The summed E-state index contributed by atoms with van der Waals surface area (Å²) in [6.45, 7) is 3.16. The molecule has 0 spiro atoms. The minimum atomic E-state index is -4.61. The molecule has 1 unspecified atom stereocenters. The summed E-state index contributed by atoms with van der Waals surface area (Å²) < 4.78 is 39.8. The molecule has 1 aromatic rings. The second kappa shape index (κ2) is 4.96. The predicted octanol–water partition coefficient (Wildman–Crippen LogP) is 2.00. The van der Waals surface area contributed by atoms with Crippen molar-refractivity contribution >= 4 is 16.7 Å². The summed E-state index contributed by atoms with van der Waals surface area (Å²) in [5, 5.41) is 11.4. The Bertz CT molecular complexity index is 340. The molecule has 1 aromatic heterocycles. The minimum Gasteiger partial charge on any atom is -0.382 e. The lowest BCUT2D eigenvalue weighted by Gasteiger charge is -2.14. The van der Waals surface area contributed by atoms with Gasteiger partial charge in [-0.1, -0.05) is 13.8 Å². The van der Waals surface area contributed by atoms with Crippen LogP contribution in [0.2, 0.25) is 0 Å². The van der Waals surface area contributed by atoms with Crippen LogP contribution in [0.15, 0.2) is 0 Å². The van der Waals surface area contributed by atoms with Gasteiger partial charge >= 0.3 is 6.18 Å². The van der Waals surface area contributed by atoms with Crippen LogP contribution in [0.5, 0.6) is 0 Å². The fourth-order valence-corrected chi connectivity index (χ4v) is 1.55. The third-order valence-electron chi connectivity index (χ3n) is 1.78. The fraction of sp³-hybridized carbons (Fsp3) is 0.750. The van der Waals surface area contributed by atoms with Gasteiger partial charge in [-0.15, -0.1) is 0 Å². The first kappa shape index (κ1) is 13.2. The molecule has 92 valence electrons. The van der Waals surface area contributed by atoms with Crippen molar-refractivity contribution < 1.29 is 18.3 Å². The maximum Gasteiger partial charge on any atom is 0.416 e. The Morgan fingerprint density at radius 1 is 1.44 bits per heavy atom. The highest BCUT2D eigenvalue weighted by Gasteiger charge is 2.37. The highest BCUT2D eigenvalue weighted by molar-refractivity contribution is 7.09. The number of rotatable bonds is 4. The number of nitrogens with zero attached hydrogens (tertiary/aromatic N) is 2. The van der Waals surface area contributed by atoms with Crippen molar-refractivity contribution in [2.24, 2.45) is 0 Å². The molecule has 1 heterocycles. The van der Waals surface area contributed by atoms with E-state index < -0.39 is 18.8 Å². The number of aromatic nitrogens is 2. The summed E-state index contributed by atoms with van der Waals surface area (Å²) in [7, 11) is 0. The topological polar surface area (TPSA) is 58.0 Å². The first-order valence-electron chi connectivity index (χ1n) is 4.63. The summed E-state index contributed by atoms with van der Waals surface area (Å²) in [4.78, 5) is 3.98. The van der Waals surface area contributed by atoms with Crippen molar-refractivity contribution in [1.82, 2.24) is 9.36 Å².